The fraction of sp³-hybridized carbons (Fsp3) is 0.312. The van der Waals surface area contributed by atoms with Gasteiger partial charge in [-0.15, -0.1) is 0 Å². The Morgan fingerprint density at radius 3 is 2.48 bits per heavy atom. The maximum Gasteiger partial charge on any atom is 0.346 e. The molecule has 0 unspecified atom stereocenters. The summed E-state index contributed by atoms with van der Waals surface area (Å²) in [5.74, 6) is -0.590. The quantitative estimate of drug-likeness (QED) is 0.896. The van der Waals surface area contributed by atoms with Gasteiger partial charge in [-0.25, -0.2) is 9.18 Å². The van der Waals surface area contributed by atoms with Gasteiger partial charge in [0, 0.05) is 31.7 Å². The van der Waals surface area contributed by atoms with Crippen molar-refractivity contribution in [2.45, 2.75) is 0 Å². The first-order chi connectivity index (χ1) is 11.0. The van der Waals surface area contributed by atoms with Gasteiger partial charge in [-0.3, -0.25) is 4.79 Å². The van der Waals surface area contributed by atoms with E-state index in [0.717, 1.165) is 13.1 Å². The number of likely N-dealkylation sites (N-methyl/N-ethyl adjacent to an activating group) is 1. The van der Waals surface area contributed by atoms with Gasteiger partial charge in [0.2, 0.25) is 0 Å². The standard InChI is InChI=1S/C16H17FN4O2/c1-20-6-8-21(9-7-20)15(22)14-10-13(18-16(23)19-14)11-2-4-12(17)5-3-11/h2-5,10H,6-9H2,1H3,(H,18,19,23). The minimum absolute atomic E-state index is 0.203. The highest BCUT2D eigenvalue weighted by Crippen LogP contribution is 2.17. The van der Waals surface area contributed by atoms with Crippen LogP contribution in [0.4, 0.5) is 4.39 Å². The lowest BCUT2D eigenvalue weighted by Crippen LogP contribution is -2.47. The normalized spacial score (nSPS) is 15.7. The van der Waals surface area contributed by atoms with Crippen LogP contribution in [0.1, 0.15) is 10.5 Å². The van der Waals surface area contributed by atoms with Crippen molar-refractivity contribution in [1.29, 1.82) is 0 Å². The smallest absolute Gasteiger partial charge is 0.335 e. The molecule has 1 fully saturated rings. The first kappa shape index (κ1) is 15.4. The Kier molecular flexibility index (Phi) is 4.20. The summed E-state index contributed by atoms with van der Waals surface area (Å²) in [5, 5.41) is 0. The molecule has 0 aliphatic carbocycles. The van der Waals surface area contributed by atoms with E-state index < -0.39 is 5.69 Å². The van der Waals surface area contributed by atoms with Crippen LogP contribution in [0.3, 0.4) is 0 Å². The van der Waals surface area contributed by atoms with Crippen molar-refractivity contribution in [2.75, 3.05) is 33.2 Å². The molecule has 7 heteroatoms. The molecule has 1 aliphatic heterocycles. The van der Waals surface area contributed by atoms with E-state index in [1.807, 2.05) is 7.05 Å². The molecule has 6 nitrogen and oxygen atoms in total. The molecule has 0 radical (unpaired) electrons. The van der Waals surface area contributed by atoms with Crippen LogP contribution in [0.2, 0.25) is 0 Å². The summed E-state index contributed by atoms with van der Waals surface area (Å²) in [4.78, 5) is 34.5. The summed E-state index contributed by atoms with van der Waals surface area (Å²) >= 11 is 0. The molecular formula is C16H17FN4O2. The molecule has 1 aromatic heterocycles. The molecule has 120 valence electrons. The van der Waals surface area contributed by atoms with E-state index in [4.69, 9.17) is 0 Å². The van der Waals surface area contributed by atoms with E-state index in [1.54, 1.807) is 4.90 Å². The van der Waals surface area contributed by atoms with E-state index >= 15 is 0 Å². The van der Waals surface area contributed by atoms with Crippen LogP contribution in [0.25, 0.3) is 11.3 Å². The largest absolute Gasteiger partial charge is 0.346 e. The average molecular weight is 316 g/mol. The van der Waals surface area contributed by atoms with Crippen LogP contribution in [-0.4, -0.2) is 58.9 Å². The Labute approximate surface area is 132 Å². The third-order valence-electron chi connectivity index (χ3n) is 3.91. The number of H-pyrrole nitrogens is 1. The zero-order valence-corrected chi connectivity index (χ0v) is 12.8. The molecule has 0 atom stereocenters. The second-order valence-electron chi connectivity index (χ2n) is 5.59. The zero-order chi connectivity index (χ0) is 16.4. The summed E-state index contributed by atoms with van der Waals surface area (Å²) in [6.07, 6.45) is 0. The molecule has 0 saturated carbocycles. The Morgan fingerprint density at radius 1 is 1.17 bits per heavy atom. The molecule has 1 aromatic carbocycles. The van der Waals surface area contributed by atoms with Gasteiger partial charge in [0.1, 0.15) is 11.5 Å². The van der Waals surface area contributed by atoms with Gasteiger partial charge in [0.15, 0.2) is 0 Å². The van der Waals surface area contributed by atoms with Gasteiger partial charge in [-0.1, -0.05) is 0 Å². The van der Waals surface area contributed by atoms with Crippen molar-refractivity contribution < 1.29 is 9.18 Å². The van der Waals surface area contributed by atoms with Gasteiger partial charge < -0.3 is 14.8 Å². The number of benzene rings is 1. The minimum atomic E-state index is -0.593. The lowest BCUT2D eigenvalue weighted by Gasteiger charge is -2.32. The number of hydrogen-bond donors (Lipinski definition) is 1. The number of carbonyl (C=O) groups is 1. The van der Waals surface area contributed by atoms with Crippen LogP contribution in [0.15, 0.2) is 35.1 Å². The van der Waals surface area contributed by atoms with Crippen molar-refractivity contribution in [3.63, 3.8) is 0 Å². The van der Waals surface area contributed by atoms with Crippen LogP contribution >= 0.6 is 0 Å². The molecule has 1 amide bonds. The van der Waals surface area contributed by atoms with Crippen LogP contribution in [-0.2, 0) is 0 Å². The fourth-order valence-corrected chi connectivity index (χ4v) is 2.52. The van der Waals surface area contributed by atoms with Crippen molar-refractivity contribution in [1.82, 2.24) is 19.8 Å². The third kappa shape index (κ3) is 3.45. The van der Waals surface area contributed by atoms with Crippen LogP contribution in [0, 0.1) is 5.82 Å². The van der Waals surface area contributed by atoms with E-state index in [0.29, 0.717) is 24.3 Å². The summed E-state index contributed by atoms with van der Waals surface area (Å²) in [6, 6.07) is 7.18. The van der Waals surface area contributed by atoms with Crippen LogP contribution < -0.4 is 5.69 Å². The lowest BCUT2D eigenvalue weighted by molar-refractivity contribution is 0.0657. The number of hydrogen-bond acceptors (Lipinski definition) is 4. The van der Waals surface area contributed by atoms with Gasteiger partial charge >= 0.3 is 5.69 Å². The number of carbonyl (C=O) groups excluding carboxylic acids is 1. The number of piperazine rings is 1. The first-order valence-electron chi connectivity index (χ1n) is 7.38. The Morgan fingerprint density at radius 2 is 1.83 bits per heavy atom. The predicted molar refractivity (Wildman–Crippen MR) is 83.7 cm³/mol. The second-order valence-corrected chi connectivity index (χ2v) is 5.59. The molecule has 2 aromatic rings. The van der Waals surface area contributed by atoms with Crippen molar-refractivity contribution in [3.05, 3.63) is 52.3 Å². The molecule has 1 saturated heterocycles. The lowest BCUT2D eigenvalue weighted by atomic mass is 10.1. The number of rotatable bonds is 2. The molecule has 1 N–H and O–H groups in total. The van der Waals surface area contributed by atoms with Crippen molar-refractivity contribution in [2.24, 2.45) is 0 Å². The number of aromatic nitrogens is 2. The van der Waals surface area contributed by atoms with Gasteiger partial charge in [-0.2, -0.15) is 4.98 Å². The summed E-state index contributed by atoms with van der Waals surface area (Å²) < 4.78 is 13.0. The number of aromatic amines is 1. The molecule has 0 spiro atoms. The highest BCUT2D eigenvalue weighted by Gasteiger charge is 2.21. The first-order valence-corrected chi connectivity index (χ1v) is 7.38. The fourth-order valence-electron chi connectivity index (χ4n) is 2.52. The molecule has 1 aliphatic rings. The van der Waals surface area contributed by atoms with E-state index in [9.17, 15) is 14.0 Å². The molecular weight excluding hydrogens is 299 g/mol. The van der Waals surface area contributed by atoms with Crippen LogP contribution in [0.5, 0.6) is 0 Å². The monoisotopic (exact) mass is 316 g/mol. The topological polar surface area (TPSA) is 69.3 Å². The van der Waals surface area contributed by atoms with Gasteiger partial charge in [0.25, 0.3) is 5.91 Å². The highest BCUT2D eigenvalue weighted by atomic mass is 19.1. The van der Waals surface area contributed by atoms with E-state index in [1.165, 1.54) is 30.3 Å². The number of nitrogens with one attached hydrogen (secondary N) is 1. The summed E-state index contributed by atoms with van der Waals surface area (Å²) in [6.45, 7) is 2.83. The number of amides is 1. The molecule has 23 heavy (non-hydrogen) atoms. The Hall–Kier alpha value is -2.54. The maximum atomic E-state index is 13.0. The highest BCUT2D eigenvalue weighted by molar-refractivity contribution is 5.93. The zero-order valence-electron chi connectivity index (χ0n) is 12.8. The second kappa shape index (κ2) is 6.29. The molecule has 2 heterocycles. The third-order valence-corrected chi connectivity index (χ3v) is 3.91. The van der Waals surface area contributed by atoms with E-state index in [2.05, 4.69) is 14.9 Å². The minimum Gasteiger partial charge on any atom is -0.335 e. The van der Waals surface area contributed by atoms with E-state index in [-0.39, 0.29) is 17.4 Å². The van der Waals surface area contributed by atoms with Gasteiger partial charge in [0.05, 0.1) is 5.69 Å². The summed E-state index contributed by atoms with van der Waals surface area (Å²) in [5.41, 5.74) is 0.550. The Bertz CT molecular complexity index is 764. The summed E-state index contributed by atoms with van der Waals surface area (Å²) in [7, 11) is 2.00. The average Bonchev–Trinajstić information content (AvgIpc) is 2.55. The van der Waals surface area contributed by atoms with Crippen molar-refractivity contribution in [3.8, 4) is 11.3 Å². The van der Waals surface area contributed by atoms with Crippen molar-refractivity contribution >= 4 is 5.91 Å². The predicted octanol–water partition coefficient (Wildman–Crippen LogP) is 0.964. The SMILES string of the molecule is CN1CCN(C(=O)c2cc(-c3ccc(F)cc3)nc(=O)[nH]2)CC1. The number of nitrogens with zero attached hydrogens (tertiary/aromatic N) is 3. The molecule has 0 bridgehead atoms. The number of halogens is 1. The Balaban J connectivity index is 1.90. The van der Waals surface area contributed by atoms with Gasteiger partial charge in [-0.05, 0) is 37.4 Å². The maximum absolute atomic E-state index is 13.0. The molecule has 3 rings (SSSR count).